The van der Waals surface area contributed by atoms with E-state index in [1.807, 2.05) is 0 Å². The van der Waals surface area contributed by atoms with Gasteiger partial charge in [0.25, 0.3) is 0 Å². The van der Waals surface area contributed by atoms with Gasteiger partial charge in [-0.3, -0.25) is 24.0 Å². The summed E-state index contributed by atoms with van der Waals surface area (Å²) in [4.78, 5) is 59.3. The second-order valence-corrected chi connectivity index (χ2v) is 12.1. The molecule has 0 bridgehead atoms. The molecule has 7 N–H and O–H groups in total. The van der Waals surface area contributed by atoms with Crippen LogP contribution in [0.15, 0.2) is 23.1 Å². The average Bonchev–Trinajstić information content (AvgIpc) is 2.87. The molecule has 1 rings (SSSR count). The van der Waals surface area contributed by atoms with Crippen LogP contribution in [0.25, 0.3) is 0 Å². The summed E-state index contributed by atoms with van der Waals surface area (Å²) in [5.74, 6) is -4.29. The van der Waals surface area contributed by atoms with Crippen molar-refractivity contribution in [1.82, 2.24) is 20.7 Å². The van der Waals surface area contributed by atoms with Crippen molar-refractivity contribution in [3.63, 3.8) is 0 Å². The number of nitrogens with two attached hydrogens (primary N) is 1. The molecule has 19 heteroatoms. The first-order valence-corrected chi connectivity index (χ1v) is 15.4. The predicted octanol–water partition coefficient (Wildman–Crippen LogP) is 0.603. The highest BCUT2D eigenvalue weighted by molar-refractivity contribution is 7.98. The zero-order valence-electron chi connectivity index (χ0n) is 22.6. The van der Waals surface area contributed by atoms with Gasteiger partial charge in [-0.05, 0) is 56.9 Å². The molecule has 0 heterocycles. The molecule has 0 aromatic heterocycles. The number of halogens is 4. The Labute approximate surface area is 248 Å². The Morgan fingerprint density at radius 3 is 2.10 bits per heavy atom. The first-order valence-electron chi connectivity index (χ1n) is 12.1. The first-order chi connectivity index (χ1) is 19.3. The molecule has 0 fully saturated rings. The zero-order chi connectivity index (χ0) is 32.4. The number of carboxylic acid groups (broad SMARTS) is 1. The largest absolute Gasteiger partial charge is 0.480 e. The molecule has 0 unspecified atom stereocenters. The van der Waals surface area contributed by atoms with E-state index in [2.05, 4.69) is 16.0 Å². The number of hydrogen-bond donors (Lipinski definition) is 6. The highest BCUT2D eigenvalue weighted by Gasteiger charge is 2.35. The summed E-state index contributed by atoms with van der Waals surface area (Å²) in [5, 5.41) is 15.7. The number of hydrogen-bond acceptors (Lipinski definition) is 8. The Balaban J connectivity index is 2.76. The second kappa shape index (κ2) is 15.9. The van der Waals surface area contributed by atoms with Crippen LogP contribution in [0.4, 0.5) is 13.2 Å². The van der Waals surface area contributed by atoms with Crippen molar-refractivity contribution < 1.29 is 50.7 Å². The van der Waals surface area contributed by atoms with Crippen molar-refractivity contribution in [1.29, 1.82) is 0 Å². The fourth-order valence-corrected chi connectivity index (χ4v) is 5.20. The molecule has 0 aliphatic carbocycles. The number of aliphatic carboxylic acids is 1. The molecule has 13 nitrogen and oxygen atoms in total. The van der Waals surface area contributed by atoms with E-state index < -0.39 is 98.3 Å². The van der Waals surface area contributed by atoms with E-state index in [1.54, 1.807) is 11.0 Å². The summed E-state index contributed by atoms with van der Waals surface area (Å²) < 4.78 is 66.2. The van der Waals surface area contributed by atoms with Gasteiger partial charge in [0.1, 0.15) is 24.2 Å². The Morgan fingerprint density at radius 2 is 1.57 bits per heavy atom. The third-order valence-electron chi connectivity index (χ3n) is 5.60. The van der Waals surface area contributed by atoms with Crippen LogP contribution in [0.1, 0.15) is 38.7 Å². The fourth-order valence-electron chi connectivity index (χ4n) is 3.25. The van der Waals surface area contributed by atoms with Crippen LogP contribution in [-0.4, -0.2) is 79.3 Å². The summed E-state index contributed by atoms with van der Waals surface area (Å²) in [6.45, 7) is 2.59. The average molecular weight is 662 g/mol. The van der Waals surface area contributed by atoms with E-state index in [0.717, 1.165) is 6.07 Å². The van der Waals surface area contributed by atoms with Gasteiger partial charge in [-0.25, -0.2) is 8.42 Å². The normalized spacial score (nSPS) is 14.6. The van der Waals surface area contributed by atoms with E-state index in [-0.39, 0.29) is 12.5 Å². The lowest BCUT2D eigenvalue weighted by Gasteiger charge is -2.21. The predicted molar refractivity (Wildman–Crippen MR) is 147 cm³/mol. The number of amides is 4. The quantitative estimate of drug-likeness (QED) is 0.146. The molecule has 0 spiro atoms. The molecule has 4 atom stereocenters. The summed E-state index contributed by atoms with van der Waals surface area (Å²) in [7, 11) is -4.78. The van der Waals surface area contributed by atoms with Crippen LogP contribution in [0.2, 0.25) is 5.02 Å². The molecular weight excluding hydrogens is 631 g/mol. The first kappa shape index (κ1) is 36.9. The van der Waals surface area contributed by atoms with Crippen molar-refractivity contribution in [2.24, 2.45) is 5.73 Å². The van der Waals surface area contributed by atoms with Crippen LogP contribution in [0.3, 0.4) is 0 Å². The molecule has 42 heavy (non-hydrogen) atoms. The molecule has 0 aliphatic rings. The Hall–Kier alpha value is -3.09. The lowest BCUT2D eigenvalue weighted by Crippen LogP contribution is -2.55. The smallest absolute Gasteiger partial charge is 0.417 e. The number of sulfonamides is 1. The molecule has 0 radical (unpaired) electrons. The Kier molecular flexibility index (Phi) is 14.0. The number of rotatable bonds is 16. The minimum Gasteiger partial charge on any atom is -0.480 e. The fraction of sp³-hybridized carbons (Fsp3) is 0.522. The molecule has 0 saturated heterocycles. The van der Waals surface area contributed by atoms with Gasteiger partial charge in [0, 0.05) is 6.42 Å². The third-order valence-corrected chi connectivity index (χ3v) is 8.05. The van der Waals surface area contributed by atoms with Gasteiger partial charge in [0.15, 0.2) is 0 Å². The van der Waals surface area contributed by atoms with E-state index in [1.165, 1.54) is 25.6 Å². The van der Waals surface area contributed by atoms with Gasteiger partial charge < -0.3 is 26.8 Å². The summed E-state index contributed by atoms with van der Waals surface area (Å²) in [5.41, 5.74) is 3.83. The molecule has 0 aliphatic heterocycles. The molecule has 1 aromatic rings. The monoisotopic (exact) mass is 661 g/mol. The standard InChI is InChI=1S/C23H31ClF3N5O8S2/c1-11(20(35)30-12(2)21(36)31-16(19(28)34)8-9-41-3)29-18(33)7-6-17(22(37)38)32-42(39,40)13-4-5-15(24)14(10-13)23(25,26)27/h4-5,10-12,16-17,32H,6-9H2,1-3H3,(H2,28,34)(H,29,33)(H,30,35)(H,31,36)(H,37,38)/t11-,12-,16-,17-/m0/s1. The van der Waals surface area contributed by atoms with Crippen molar-refractivity contribution in [2.75, 3.05) is 12.0 Å². The van der Waals surface area contributed by atoms with Crippen LogP contribution >= 0.6 is 23.4 Å². The molecular formula is C23H31ClF3N5O8S2. The van der Waals surface area contributed by atoms with E-state index in [9.17, 15) is 50.7 Å². The Bertz CT molecular complexity index is 1280. The molecule has 1 aromatic carbocycles. The van der Waals surface area contributed by atoms with Crippen molar-refractivity contribution in [2.45, 2.75) is 68.3 Å². The van der Waals surface area contributed by atoms with Crippen LogP contribution in [0.5, 0.6) is 0 Å². The molecule has 236 valence electrons. The lowest BCUT2D eigenvalue weighted by molar-refractivity contribution is -0.139. The van der Waals surface area contributed by atoms with Crippen LogP contribution < -0.4 is 26.4 Å². The molecule has 4 amide bonds. The van der Waals surface area contributed by atoms with Gasteiger partial charge in [-0.1, -0.05) is 11.6 Å². The number of thioether (sulfide) groups is 1. The zero-order valence-corrected chi connectivity index (χ0v) is 25.0. The lowest BCUT2D eigenvalue weighted by atomic mass is 10.1. The summed E-state index contributed by atoms with van der Waals surface area (Å²) >= 11 is 6.92. The van der Waals surface area contributed by atoms with Crippen molar-refractivity contribution >= 4 is 63.0 Å². The summed E-state index contributed by atoms with van der Waals surface area (Å²) in [6, 6.07) is -3.51. The van der Waals surface area contributed by atoms with Crippen LogP contribution in [-0.2, 0) is 40.2 Å². The van der Waals surface area contributed by atoms with Gasteiger partial charge in [-0.15, -0.1) is 0 Å². The van der Waals surface area contributed by atoms with Gasteiger partial charge >= 0.3 is 12.1 Å². The van der Waals surface area contributed by atoms with E-state index in [4.69, 9.17) is 17.3 Å². The van der Waals surface area contributed by atoms with Crippen molar-refractivity contribution in [3.05, 3.63) is 28.8 Å². The highest BCUT2D eigenvalue weighted by atomic mass is 35.5. The van der Waals surface area contributed by atoms with Gasteiger partial charge in [-0.2, -0.15) is 29.7 Å². The number of carboxylic acids is 1. The van der Waals surface area contributed by atoms with Crippen molar-refractivity contribution in [3.8, 4) is 0 Å². The van der Waals surface area contributed by atoms with Crippen LogP contribution in [0, 0.1) is 0 Å². The number of primary amides is 1. The number of carbonyl (C=O) groups is 5. The minimum absolute atomic E-state index is 0.246. The summed E-state index contributed by atoms with van der Waals surface area (Å²) in [6.07, 6.45) is -4.13. The Morgan fingerprint density at radius 1 is 1.00 bits per heavy atom. The topological polar surface area (TPSA) is 214 Å². The number of nitrogens with one attached hydrogen (secondary N) is 4. The second-order valence-electron chi connectivity index (χ2n) is 8.95. The van der Waals surface area contributed by atoms with E-state index >= 15 is 0 Å². The minimum atomic E-state index is -4.97. The maximum atomic E-state index is 13.1. The number of alkyl halides is 3. The number of benzene rings is 1. The third kappa shape index (κ3) is 11.7. The SMILES string of the molecule is CSCC[C@H](NC(=O)[C@H](C)NC(=O)[C@H](C)NC(=O)CC[C@H](NS(=O)(=O)c1ccc(Cl)c(C(F)(F)F)c1)C(=O)O)C(N)=O. The maximum absolute atomic E-state index is 13.1. The van der Waals surface area contributed by atoms with Gasteiger partial charge in [0.2, 0.25) is 33.7 Å². The maximum Gasteiger partial charge on any atom is 0.417 e. The molecule has 0 saturated carbocycles. The van der Waals surface area contributed by atoms with Gasteiger partial charge in [0.05, 0.1) is 15.5 Å². The number of carbonyl (C=O) groups excluding carboxylic acids is 4. The van der Waals surface area contributed by atoms with E-state index in [0.29, 0.717) is 11.8 Å². The highest BCUT2D eigenvalue weighted by Crippen LogP contribution is 2.36.